The van der Waals surface area contributed by atoms with Gasteiger partial charge in [-0.05, 0) is 93.4 Å². The van der Waals surface area contributed by atoms with Crippen LogP contribution in [0.25, 0.3) is 10.8 Å². The molecule has 4 aromatic carbocycles. The van der Waals surface area contributed by atoms with Crippen molar-refractivity contribution in [3.05, 3.63) is 88.0 Å². The van der Waals surface area contributed by atoms with Gasteiger partial charge in [0.05, 0.1) is 21.2 Å². The molecule has 4 rings (SSSR count). The third kappa shape index (κ3) is 5.28. The van der Waals surface area contributed by atoms with Gasteiger partial charge in [0.25, 0.3) is 20.0 Å². The standard InChI is InChI=1S/C28H30N2O5S2/c1-16-9-18(3)27(19(4)10-16)29-36(32,33)24-13-22-7-8-23(31)14-25(22)26(15-24)37(34,35)30-28-20(5)11-17(2)12-21(28)6/h7-15,29-31H,1-6H3. The number of rotatable bonds is 6. The van der Waals surface area contributed by atoms with Crippen LogP contribution in [0.4, 0.5) is 11.4 Å². The van der Waals surface area contributed by atoms with E-state index in [2.05, 4.69) is 9.44 Å². The summed E-state index contributed by atoms with van der Waals surface area (Å²) in [6.07, 6.45) is 0. The maximum atomic E-state index is 13.7. The summed E-state index contributed by atoms with van der Waals surface area (Å²) >= 11 is 0. The lowest BCUT2D eigenvalue weighted by molar-refractivity contribution is 0.476. The molecule has 4 aromatic rings. The first kappa shape index (κ1) is 26.5. The zero-order valence-electron chi connectivity index (χ0n) is 21.6. The molecule has 0 aliphatic carbocycles. The van der Waals surface area contributed by atoms with Gasteiger partial charge in [0.1, 0.15) is 5.75 Å². The fourth-order valence-corrected chi connectivity index (χ4v) is 7.51. The molecule has 194 valence electrons. The number of benzene rings is 4. The average Bonchev–Trinajstić information content (AvgIpc) is 2.78. The molecule has 0 heterocycles. The molecule has 0 saturated carbocycles. The molecule has 0 saturated heterocycles. The van der Waals surface area contributed by atoms with Crippen molar-refractivity contribution in [3.8, 4) is 5.75 Å². The number of sulfonamides is 2. The van der Waals surface area contributed by atoms with Crippen LogP contribution < -0.4 is 9.44 Å². The second-order valence-corrected chi connectivity index (χ2v) is 12.9. The lowest BCUT2D eigenvalue weighted by atomic mass is 10.1. The monoisotopic (exact) mass is 538 g/mol. The molecule has 3 N–H and O–H groups in total. The van der Waals surface area contributed by atoms with E-state index in [1.54, 1.807) is 13.8 Å². The highest BCUT2D eigenvalue weighted by molar-refractivity contribution is 7.93. The van der Waals surface area contributed by atoms with E-state index in [4.69, 9.17) is 0 Å². The van der Waals surface area contributed by atoms with Gasteiger partial charge in [-0.2, -0.15) is 0 Å². The first-order valence-corrected chi connectivity index (χ1v) is 14.6. The zero-order chi connectivity index (χ0) is 27.3. The highest BCUT2D eigenvalue weighted by Gasteiger charge is 2.25. The Morgan fingerprint density at radius 2 is 1.05 bits per heavy atom. The van der Waals surface area contributed by atoms with Crippen molar-refractivity contribution in [2.24, 2.45) is 0 Å². The molecule has 0 bridgehead atoms. The van der Waals surface area contributed by atoms with Gasteiger partial charge in [0.15, 0.2) is 0 Å². The van der Waals surface area contributed by atoms with Gasteiger partial charge in [-0.25, -0.2) is 16.8 Å². The van der Waals surface area contributed by atoms with Gasteiger partial charge < -0.3 is 5.11 Å². The normalized spacial score (nSPS) is 12.1. The number of aryl methyl sites for hydroxylation is 6. The smallest absolute Gasteiger partial charge is 0.262 e. The van der Waals surface area contributed by atoms with Gasteiger partial charge in [0.2, 0.25) is 0 Å². The molecule has 0 amide bonds. The van der Waals surface area contributed by atoms with Crippen LogP contribution >= 0.6 is 0 Å². The van der Waals surface area contributed by atoms with Gasteiger partial charge in [0, 0.05) is 5.39 Å². The minimum atomic E-state index is -4.25. The number of hydrogen-bond donors (Lipinski definition) is 3. The number of fused-ring (bicyclic) bond motifs is 1. The number of anilines is 2. The van der Waals surface area contributed by atoms with Gasteiger partial charge in [-0.15, -0.1) is 0 Å². The molecule has 0 radical (unpaired) electrons. The SMILES string of the molecule is Cc1cc(C)c(NS(=O)(=O)c2cc(S(=O)(=O)Nc3c(C)cc(C)cc3C)c3cc(O)ccc3c2)c(C)c1. The minimum Gasteiger partial charge on any atom is -0.508 e. The van der Waals surface area contributed by atoms with Crippen LogP contribution in [0, 0.1) is 41.5 Å². The first-order valence-electron chi connectivity index (χ1n) is 11.7. The number of phenols is 1. The van der Waals surface area contributed by atoms with Crippen LogP contribution in [0.3, 0.4) is 0 Å². The van der Waals surface area contributed by atoms with E-state index < -0.39 is 20.0 Å². The van der Waals surface area contributed by atoms with Gasteiger partial charge >= 0.3 is 0 Å². The predicted molar refractivity (Wildman–Crippen MR) is 149 cm³/mol. The fraction of sp³-hybridized carbons (Fsp3) is 0.214. The molecule has 9 heteroatoms. The third-order valence-corrected chi connectivity index (χ3v) is 9.02. The van der Waals surface area contributed by atoms with Gasteiger partial charge in [-0.3, -0.25) is 9.44 Å². The van der Waals surface area contributed by atoms with Crippen molar-refractivity contribution in [1.29, 1.82) is 0 Å². The Bertz CT molecular complexity index is 1730. The molecular formula is C28H30N2O5S2. The van der Waals surface area contributed by atoms with Crippen LogP contribution in [0.1, 0.15) is 33.4 Å². The number of aromatic hydroxyl groups is 1. The van der Waals surface area contributed by atoms with Crippen molar-refractivity contribution < 1.29 is 21.9 Å². The predicted octanol–water partition coefficient (Wildman–Crippen LogP) is 6.00. The Balaban J connectivity index is 1.89. The number of phenolic OH excluding ortho intramolecular Hbond substituents is 1. The topological polar surface area (TPSA) is 113 Å². The maximum absolute atomic E-state index is 13.7. The van der Waals surface area contributed by atoms with Crippen molar-refractivity contribution in [2.45, 2.75) is 51.3 Å². The van der Waals surface area contributed by atoms with Crippen LogP contribution in [0.2, 0.25) is 0 Å². The Kier molecular flexibility index (Phi) is 6.73. The summed E-state index contributed by atoms with van der Waals surface area (Å²) in [4.78, 5) is -0.458. The average molecular weight is 539 g/mol. The van der Waals surface area contributed by atoms with Crippen molar-refractivity contribution in [3.63, 3.8) is 0 Å². The molecule has 0 aliphatic rings. The van der Waals surface area contributed by atoms with Crippen LogP contribution in [-0.4, -0.2) is 21.9 Å². The molecule has 0 spiro atoms. The largest absolute Gasteiger partial charge is 0.508 e. The lowest BCUT2D eigenvalue weighted by Gasteiger charge is -2.18. The summed E-state index contributed by atoms with van der Waals surface area (Å²) in [6.45, 7) is 11.1. The summed E-state index contributed by atoms with van der Waals surface area (Å²) in [5.74, 6) is -0.133. The molecule has 0 fully saturated rings. The Morgan fingerprint density at radius 3 is 1.54 bits per heavy atom. The second kappa shape index (κ2) is 9.39. The zero-order valence-corrected chi connectivity index (χ0v) is 23.2. The summed E-state index contributed by atoms with van der Waals surface area (Å²) in [7, 11) is -8.40. The Morgan fingerprint density at radius 1 is 0.595 bits per heavy atom. The van der Waals surface area contributed by atoms with E-state index in [-0.39, 0.29) is 20.9 Å². The molecule has 0 aromatic heterocycles. The van der Waals surface area contributed by atoms with Crippen molar-refractivity contribution in [1.82, 2.24) is 0 Å². The summed E-state index contributed by atoms with van der Waals surface area (Å²) in [5, 5.41) is 10.7. The second-order valence-electron chi connectivity index (χ2n) is 9.59. The van der Waals surface area contributed by atoms with E-state index in [1.807, 2.05) is 52.0 Å². The molecule has 7 nitrogen and oxygen atoms in total. The minimum absolute atomic E-state index is 0.133. The van der Waals surface area contributed by atoms with Crippen molar-refractivity contribution in [2.75, 3.05) is 9.44 Å². The molecule has 0 aliphatic heterocycles. The van der Waals surface area contributed by atoms with Crippen LogP contribution in [-0.2, 0) is 20.0 Å². The van der Waals surface area contributed by atoms with E-state index >= 15 is 0 Å². The summed E-state index contributed by atoms with van der Waals surface area (Å²) in [5.41, 5.74) is 5.87. The van der Waals surface area contributed by atoms with Gasteiger partial charge in [-0.1, -0.05) is 41.5 Å². The lowest BCUT2D eigenvalue weighted by Crippen LogP contribution is -2.18. The third-order valence-electron chi connectivity index (χ3n) is 6.30. The highest BCUT2D eigenvalue weighted by atomic mass is 32.2. The van der Waals surface area contributed by atoms with E-state index in [0.29, 0.717) is 16.8 Å². The maximum Gasteiger partial charge on any atom is 0.262 e. The molecule has 0 atom stereocenters. The molecule has 0 unspecified atom stereocenters. The summed E-state index contributed by atoms with van der Waals surface area (Å²) in [6, 6.07) is 14.2. The van der Waals surface area contributed by atoms with Crippen LogP contribution in [0.15, 0.2) is 64.4 Å². The quantitative estimate of drug-likeness (QED) is 0.279. The number of nitrogens with one attached hydrogen (secondary N) is 2. The van der Waals surface area contributed by atoms with Crippen LogP contribution in [0.5, 0.6) is 5.75 Å². The molecule has 37 heavy (non-hydrogen) atoms. The molecular weight excluding hydrogens is 508 g/mol. The fourth-order valence-electron chi connectivity index (χ4n) is 4.73. The first-order chi connectivity index (χ1) is 17.2. The summed E-state index contributed by atoms with van der Waals surface area (Å²) < 4.78 is 59.7. The highest BCUT2D eigenvalue weighted by Crippen LogP contribution is 2.34. The van der Waals surface area contributed by atoms with E-state index in [0.717, 1.165) is 39.4 Å². The number of hydrogen-bond acceptors (Lipinski definition) is 5. The Hall–Kier alpha value is -3.56. The Labute approximate surface area is 218 Å². The van der Waals surface area contributed by atoms with E-state index in [1.165, 1.54) is 24.3 Å². The van der Waals surface area contributed by atoms with E-state index in [9.17, 15) is 21.9 Å². The van der Waals surface area contributed by atoms with Crippen molar-refractivity contribution >= 4 is 42.2 Å².